The van der Waals surface area contributed by atoms with Crippen LogP contribution in [0.2, 0.25) is 0 Å². The van der Waals surface area contributed by atoms with Crippen LogP contribution in [0.15, 0.2) is 53.0 Å². The maximum Gasteiger partial charge on any atom is 0.205 e. The van der Waals surface area contributed by atoms with Gasteiger partial charge in [0.2, 0.25) is 5.79 Å². The highest BCUT2D eigenvalue weighted by Gasteiger charge is 2.42. The van der Waals surface area contributed by atoms with E-state index < -0.39 is 5.79 Å². The summed E-state index contributed by atoms with van der Waals surface area (Å²) >= 11 is 6.90. The molecule has 0 bridgehead atoms. The molecular formula is C16H13Br2FO2. The van der Waals surface area contributed by atoms with Crippen LogP contribution in [0.3, 0.4) is 0 Å². The van der Waals surface area contributed by atoms with Gasteiger partial charge in [-0.15, -0.1) is 0 Å². The first-order valence-corrected chi connectivity index (χ1v) is 8.44. The van der Waals surface area contributed by atoms with E-state index in [2.05, 4.69) is 31.9 Å². The van der Waals surface area contributed by atoms with Gasteiger partial charge in [0.05, 0.1) is 11.9 Å². The van der Waals surface area contributed by atoms with Crippen molar-refractivity contribution in [1.29, 1.82) is 0 Å². The van der Waals surface area contributed by atoms with Crippen LogP contribution in [0.4, 0.5) is 4.39 Å². The smallest absolute Gasteiger partial charge is 0.205 e. The van der Waals surface area contributed by atoms with Crippen LogP contribution in [0, 0.1) is 5.82 Å². The summed E-state index contributed by atoms with van der Waals surface area (Å²) in [7, 11) is 0. The van der Waals surface area contributed by atoms with Crippen molar-refractivity contribution < 1.29 is 13.9 Å². The molecule has 2 atom stereocenters. The van der Waals surface area contributed by atoms with Gasteiger partial charge < -0.3 is 9.47 Å². The SMILES string of the molecule is Fc1ccc([C@@H]2CO[C@](CBr)(c3ccc(Br)cc3)O2)cc1. The topological polar surface area (TPSA) is 18.5 Å². The minimum atomic E-state index is -0.806. The molecule has 1 aliphatic heterocycles. The Bertz CT molecular complexity index is 615. The van der Waals surface area contributed by atoms with E-state index in [0.717, 1.165) is 15.6 Å². The van der Waals surface area contributed by atoms with E-state index in [-0.39, 0.29) is 11.9 Å². The number of hydrogen-bond acceptors (Lipinski definition) is 2. The minimum absolute atomic E-state index is 0.202. The summed E-state index contributed by atoms with van der Waals surface area (Å²) in [5, 5.41) is 0.527. The van der Waals surface area contributed by atoms with Gasteiger partial charge in [-0.05, 0) is 29.8 Å². The van der Waals surface area contributed by atoms with E-state index in [0.29, 0.717) is 11.9 Å². The molecule has 0 spiro atoms. The van der Waals surface area contributed by atoms with Crippen LogP contribution in [0.25, 0.3) is 0 Å². The molecule has 0 unspecified atom stereocenters. The Morgan fingerprint density at radius 2 is 1.76 bits per heavy atom. The maximum absolute atomic E-state index is 13.0. The molecule has 1 aliphatic rings. The largest absolute Gasteiger partial charge is 0.342 e. The second-order valence-corrected chi connectivity index (χ2v) is 6.34. The summed E-state index contributed by atoms with van der Waals surface area (Å²) in [6.07, 6.45) is -0.202. The molecule has 1 heterocycles. The molecule has 2 nitrogen and oxygen atoms in total. The zero-order chi connectivity index (χ0) is 14.9. The number of alkyl halides is 1. The number of benzene rings is 2. The lowest BCUT2D eigenvalue weighted by atomic mass is 10.1. The van der Waals surface area contributed by atoms with Gasteiger partial charge in [0.25, 0.3) is 0 Å². The Labute approximate surface area is 139 Å². The van der Waals surface area contributed by atoms with Crippen molar-refractivity contribution in [3.63, 3.8) is 0 Å². The zero-order valence-corrected chi connectivity index (χ0v) is 14.2. The number of rotatable bonds is 3. The highest BCUT2D eigenvalue weighted by Crippen LogP contribution is 2.41. The van der Waals surface area contributed by atoms with Gasteiger partial charge in [-0.1, -0.05) is 56.1 Å². The molecule has 2 aromatic carbocycles. The van der Waals surface area contributed by atoms with E-state index in [1.54, 1.807) is 12.1 Å². The Hall–Kier alpha value is -0.750. The molecule has 0 amide bonds. The van der Waals surface area contributed by atoms with Gasteiger partial charge >= 0.3 is 0 Å². The normalized spacial score (nSPS) is 25.2. The molecular weight excluding hydrogens is 403 g/mol. The van der Waals surface area contributed by atoms with Crippen LogP contribution in [0.1, 0.15) is 17.2 Å². The summed E-state index contributed by atoms with van der Waals surface area (Å²) in [5.41, 5.74) is 1.86. The summed E-state index contributed by atoms with van der Waals surface area (Å²) in [6.45, 7) is 0.438. The molecule has 0 N–H and O–H groups in total. The van der Waals surface area contributed by atoms with Crippen molar-refractivity contribution in [2.24, 2.45) is 0 Å². The molecule has 110 valence electrons. The highest BCUT2D eigenvalue weighted by molar-refractivity contribution is 9.10. The Balaban J connectivity index is 1.85. The summed E-state index contributed by atoms with van der Waals surface area (Å²) in [6, 6.07) is 14.2. The number of halogens is 3. The van der Waals surface area contributed by atoms with Crippen LogP contribution in [-0.2, 0) is 15.3 Å². The highest BCUT2D eigenvalue weighted by atomic mass is 79.9. The zero-order valence-electron chi connectivity index (χ0n) is 11.1. The van der Waals surface area contributed by atoms with Crippen LogP contribution in [0.5, 0.6) is 0 Å². The summed E-state index contributed by atoms with van der Waals surface area (Å²) < 4.78 is 26.1. The van der Waals surface area contributed by atoms with Crippen molar-refractivity contribution in [2.45, 2.75) is 11.9 Å². The van der Waals surface area contributed by atoms with E-state index in [1.165, 1.54) is 12.1 Å². The summed E-state index contributed by atoms with van der Waals surface area (Å²) in [4.78, 5) is 0. The Kier molecular flexibility index (Phi) is 4.45. The molecule has 5 heteroatoms. The number of ether oxygens (including phenoxy) is 2. The van der Waals surface area contributed by atoms with Gasteiger partial charge in [-0.3, -0.25) is 0 Å². The minimum Gasteiger partial charge on any atom is -0.342 e. The van der Waals surface area contributed by atoms with Gasteiger partial charge in [0, 0.05) is 10.0 Å². The van der Waals surface area contributed by atoms with Gasteiger partial charge in [0.15, 0.2) is 0 Å². The fourth-order valence-corrected chi connectivity index (χ4v) is 3.23. The first kappa shape index (κ1) is 15.2. The predicted octanol–water partition coefficient (Wildman–Crippen LogP) is 4.92. The second-order valence-electron chi connectivity index (χ2n) is 4.86. The van der Waals surface area contributed by atoms with Crippen LogP contribution >= 0.6 is 31.9 Å². The first-order chi connectivity index (χ1) is 10.1. The van der Waals surface area contributed by atoms with Gasteiger partial charge in [0.1, 0.15) is 11.9 Å². The van der Waals surface area contributed by atoms with E-state index >= 15 is 0 Å². The van der Waals surface area contributed by atoms with E-state index in [1.807, 2.05) is 24.3 Å². The lowest BCUT2D eigenvalue weighted by Gasteiger charge is -2.26. The Morgan fingerprint density at radius 1 is 1.10 bits per heavy atom. The molecule has 1 fully saturated rings. The quantitative estimate of drug-likeness (QED) is 0.662. The van der Waals surface area contributed by atoms with Gasteiger partial charge in [-0.25, -0.2) is 4.39 Å². The average Bonchev–Trinajstić information content (AvgIpc) is 2.94. The predicted molar refractivity (Wildman–Crippen MR) is 85.8 cm³/mol. The maximum atomic E-state index is 13.0. The number of hydrogen-bond donors (Lipinski definition) is 0. The van der Waals surface area contributed by atoms with Crippen molar-refractivity contribution >= 4 is 31.9 Å². The van der Waals surface area contributed by atoms with Crippen molar-refractivity contribution in [3.05, 3.63) is 69.9 Å². The molecule has 0 radical (unpaired) electrons. The first-order valence-electron chi connectivity index (χ1n) is 6.52. The monoisotopic (exact) mass is 414 g/mol. The fourth-order valence-electron chi connectivity index (χ4n) is 2.35. The molecule has 0 aromatic heterocycles. The van der Waals surface area contributed by atoms with E-state index in [4.69, 9.17) is 9.47 Å². The average molecular weight is 416 g/mol. The molecule has 3 rings (SSSR count). The van der Waals surface area contributed by atoms with Crippen molar-refractivity contribution in [2.75, 3.05) is 11.9 Å². The fraction of sp³-hybridized carbons (Fsp3) is 0.250. The van der Waals surface area contributed by atoms with Crippen LogP contribution < -0.4 is 0 Å². The lowest BCUT2D eigenvalue weighted by molar-refractivity contribution is -0.157. The van der Waals surface area contributed by atoms with E-state index in [9.17, 15) is 4.39 Å². The van der Waals surface area contributed by atoms with Crippen molar-refractivity contribution in [3.8, 4) is 0 Å². The Morgan fingerprint density at radius 3 is 2.38 bits per heavy atom. The van der Waals surface area contributed by atoms with Crippen molar-refractivity contribution in [1.82, 2.24) is 0 Å². The van der Waals surface area contributed by atoms with Gasteiger partial charge in [-0.2, -0.15) is 0 Å². The molecule has 1 saturated heterocycles. The third-order valence-electron chi connectivity index (χ3n) is 3.50. The molecule has 0 saturated carbocycles. The molecule has 2 aromatic rings. The standard InChI is InChI=1S/C16H13Br2FO2/c17-10-16(12-3-5-13(18)6-4-12)20-9-15(21-16)11-1-7-14(19)8-2-11/h1-8,15H,9-10H2/t15-,16-/m0/s1. The third-order valence-corrected chi connectivity index (χ3v) is 4.77. The molecule has 0 aliphatic carbocycles. The second kappa shape index (κ2) is 6.16. The lowest BCUT2D eigenvalue weighted by Crippen LogP contribution is -2.29. The summed E-state index contributed by atoms with van der Waals surface area (Å²) in [5.74, 6) is -1.06. The van der Waals surface area contributed by atoms with Crippen LogP contribution in [-0.4, -0.2) is 11.9 Å². The molecule has 21 heavy (non-hydrogen) atoms. The third kappa shape index (κ3) is 3.06.